The standard InChI is InChI=1S/C19H17F2NO/c20-13-9-15-14-7-4-8-17(23)19(14)22(18(15)16(21)10-13)11-12-5-2-1-3-6-12/h1-3,5-6,9-10,17,23H,4,7-8,11H2/t17-/m1/s1. The molecule has 0 amide bonds. The van der Waals surface area contributed by atoms with Crippen LogP contribution in [-0.2, 0) is 13.0 Å². The molecule has 0 saturated heterocycles. The maximum atomic E-state index is 14.5. The van der Waals surface area contributed by atoms with Gasteiger partial charge >= 0.3 is 0 Å². The zero-order valence-corrected chi connectivity index (χ0v) is 12.6. The second-order valence-corrected chi connectivity index (χ2v) is 6.13. The average Bonchev–Trinajstić information content (AvgIpc) is 2.84. The molecule has 1 heterocycles. The van der Waals surface area contributed by atoms with E-state index in [1.54, 1.807) is 0 Å². The predicted octanol–water partition coefficient (Wildman–Crippen LogP) is 4.34. The van der Waals surface area contributed by atoms with Crippen LogP contribution < -0.4 is 0 Å². The molecule has 23 heavy (non-hydrogen) atoms. The van der Waals surface area contributed by atoms with Gasteiger partial charge < -0.3 is 9.67 Å². The Morgan fingerprint density at radius 1 is 1.13 bits per heavy atom. The van der Waals surface area contributed by atoms with Crippen molar-refractivity contribution in [3.63, 3.8) is 0 Å². The lowest BCUT2D eigenvalue weighted by Crippen LogP contribution is -2.14. The predicted molar refractivity (Wildman–Crippen MR) is 85.3 cm³/mol. The van der Waals surface area contributed by atoms with Crippen LogP contribution in [0.4, 0.5) is 8.78 Å². The molecule has 1 atom stereocenters. The van der Waals surface area contributed by atoms with Gasteiger partial charge in [0.05, 0.1) is 17.3 Å². The van der Waals surface area contributed by atoms with Crippen molar-refractivity contribution in [1.82, 2.24) is 4.57 Å². The molecule has 2 aromatic carbocycles. The quantitative estimate of drug-likeness (QED) is 0.748. The van der Waals surface area contributed by atoms with Crippen molar-refractivity contribution < 1.29 is 13.9 Å². The van der Waals surface area contributed by atoms with Crippen LogP contribution in [0.25, 0.3) is 10.9 Å². The molecule has 0 radical (unpaired) electrons. The smallest absolute Gasteiger partial charge is 0.150 e. The largest absolute Gasteiger partial charge is 0.387 e. The Hall–Kier alpha value is -2.20. The topological polar surface area (TPSA) is 25.2 Å². The molecule has 0 saturated carbocycles. The summed E-state index contributed by atoms with van der Waals surface area (Å²) in [6.07, 6.45) is 1.60. The summed E-state index contributed by atoms with van der Waals surface area (Å²) in [6, 6.07) is 12.0. The van der Waals surface area contributed by atoms with Crippen molar-refractivity contribution >= 4 is 10.9 Å². The van der Waals surface area contributed by atoms with Crippen LogP contribution in [0.2, 0.25) is 0 Å². The highest BCUT2D eigenvalue weighted by molar-refractivity contribution is 5.86. The van der Waals surface area contributed by atoms with Gasteiger partial charge in [-0.05, 0) is 36.5 Å². The van der Waals surface area contributed by atoms with Crippen LogP contribution in [0.3, 0.4) is 0 Å². The fraction of sp³-hybridized carbons (Fsp3) is 0.263. The highest BCUT2D eigenvalue weighted by atomic mass is 19.1. The van der Waals surface area contributed by atoms with Gasteiger partial charge in [0.25, 0.3) is 0 Å². The summed E-state index contributed by atoms with van der Waals surface area (Å²) >= 11 is 0. The van der Waals surface area contributed by atoms with Crippen molar-refractivity contribution in [2.75, 3.05) is 0 Å². The Morgan fingerprint density at radius 3 is 2.70 bits per heavy atom. The lowest BCUT2D eigenvalue weighted by Gasteiger charge is -2.21. The Balaban J connectivity index is 1.99. The normalized spacial score (nSPS) is 17.4. The van der Waals surface area contributed by atoms with Gasteiger partial charge in [0.15, 0.2) is 0 Å². The molecular weight excluding hydrogens is 296 g/mol. The Kier molecular flexibility index (Phi) is 3.42. The number of aliphatic hydroxyl groups excluding tert-OH is 1. The minimum Gasteiger partial charge on any atom is -0.387 e. The number of nitrogens with zero attached hydrogens (tertiary/aromatic N) is 1. The number of aryl methyl sites for hydroxylation is 1. The van der Waals surface area contributed by atoms with Gasteiger partial charge in [-0.25, -0.2) is 8.78 Å². The van der Waals surface area contributed by atoms with E-state index in [1.807, 2.05) is 34.9 Å². The van der Waals surface area contributed by atoms with Crippen LogP contribution in [0.15, 0.2) is 42.5 Å². The van der Waals surface area contributed by atoms with Gasteiger partial charge in [-0.15, -0.1) is 0 Å². The fourth-order valence-corrected chi connectivity index (χ4v) is 3.67. The summed E-state index contributed by atoms with van der Waals surface area (Å²) in [6.45, 7) is 0.465. The summed E-state index contributed by atoms with van der Waals surface area (Å²) in [5.74, 6) is -1.15. The van der Waals surface area contributed by atoms with Crippen molar-refractivity contribution in [1.29, 1.82) is 0 Å². The molecule has 0 unspecified atom stereocenters. The van der Waals surface area contributed by atoms with E-state index < -0.39 is 17.7 Å². The molecule has 118 valence electrons. The lowest BCUT2D eigenvalue weighted by atomic mass is 9.93. The van der Waals surface area contributed by atoms with Gasteiger partial charge in [0, 0.05) is 18.0 Å². The average molecular weight is 313 g/mol. The minimum absolute atomic E-state index is 0.390. The molecule has 0 bridgehead atoms. The highest BCUT2D eigenvalue weighted by Gasteiger charge is 2.28. The molecule has 1 aromatic heterocycles. The van der Waals surface area contributed by atoms with Crippen molar-refractivity contribution in [2.24, 2.45) is 0 Å². The zero-order chi connectivity index (χ0) is 16.0. The van der Waals surface area contributed by atoms with E-state index in [4.69, 9.17) is 0 Å². The van der Waals surface area contributed by atoms with E-state index in [0.29, 0.717) is 23.9 Å². The minimum atomic E-state index is -0.627. The second kappa shape index (κ2) is 5.46. The molecule has 1 N–H and O–H groups in total. The Morgan fingerprint density at radius 2 is 1.91 bits per heavy atom. The molecule has 4 heteroatoms. The van der Waals surface area contributed by atoms with E-state index in [9.17, 15) is 13.9 Å². The Bertz CT molecular complexity index is 870. The van der Waals surface area contributed by atoms with Gasteiger partial charge in [-0.1, -0.05) is 30.3 Å². The van der Waals surface area contributed by atoms with E-state index >= 15 is 0 Å². The molecule has 1 aliphatic rings. The monoisotopic (exact) mass is 313 g/mol. The molecular formula is C19H17F2NO. The summed E-state index contributed by atoms with van der Waals surface area (Å²) in [5, 5.41) is 11.0. The number of hydrogen-bond acceptors (Lipinski definition) is 1. The lowest BCUT2D eigenvalue weighted by molar-refractivity contribution is 0.148. The number of aliphatic hydroxyl groups is 1. The van der Waals surface area contributed by atoms with Gasteiger partial charge in [0.1, 0.15) is 11.6 Å². The molecule has 0 spiro atoms. The zero-order valence-electron chi connectivity index (χ0n) is 12.6. The van der Waals surface area contributed by atoms with Gasteiger partial charge in [0.2, 0.25) is 0 Å². The molecule has 2 nitrogen and oxygen atoms in total. The third-order valence-corrected chi connectivity index (χ3v) is 4.63. The molecule has 3 aromatic rings. The van der Waals surface area contributed by atoms with Crippen molar-refractivity contribution in [2.45, 2.75) is 31.9 Å². The van der Waals surface area contributed by atoms with E-state index in [-0.39, 0.29) is 0 Å². The van der Waals surface area contributed by atoms with E-state index in [0.717, 1.165) is 35.7 Å². The first-order chi connectivity index (χ1) is 11.1. The summed E-state index contributed by atoms with van der Waals surface area (Å²) < 4.78 is 30.0. The van der Waals surface area contributed by atoms with Crippen LogP contribution in [-0.4, -0.2) is 9.67 Å². The van der Waals surface area contributed by atoms with Gasteiger partial charge in [-0.2, -0.15) is 0 Å². The fourth-order valence-electron chi connectivity index (χ4n) is 3.67. The van der Waals surface area contributed by atoms with Crippen molar-refractivity contribution in [3.8, 4) is 0 Å². The first-order valence-corrected chi connectivity index (χ1v) is 7.87. The summed E-state index contributed by atoms with van der Waals surface area (Å²) in [5.41, 5.74) is 3.03. The first-order valence-electron chi connectivity index (χ1n) is 7.87. The molecule has 0 aliphatic heterocycles. The number of fused-ring (bicyclic) bond motifs is 3. The summed E-state index contributed by atoms with van der Waals surface area (Å²) in [4.78, 5) is 0. The third kappa shape index (κ3) is 2.34. The highest BCUT2D eigenvalue weighted by Crippen LogP contribution is 2.39. The third-order valence-electron chi connectivity index (χ3n) is 4.63. The maximum absolute atomic E-state index is 14.5. The van der Waals surface area contributed by atoms with Crippen molar-refractivity contribution in [3.05, 3.63) is 70.9 Å². The van der Waals surface area contributed by atoms with Crippen LogP contribution in [0.5, 0.6) is 0 Å². The van der Waals surface area contributed by atoms with Crippen LogP contribution >= 0.6 is 0 Å². The summed E-state index contributed by atoms with van der Waals surface area (Å²) in [7, 11) is 0. The molecule has 0 fully saturated rings. The first kappa shape index (κ1) is 14.4. The second-order valence-electron chi connectivity index (χ2n) is 6.13. The van der Waals surface area contributed by atoms with Gasteiger partial charge in [-0.3, -0.25) is 0 Å². The van der Waals surface area contributed by atoms with Crippen LogP contribution in [0.1, 0.15) is 35.8 Å². The van der Waals surface area contributed by atoms with Crippen LogP contribution in [0, 0.1) is 11.6 Å². The molecule has 4 rings (SSSR count). The number of aromatic nitrogens is 1. The van der Waals surface area contributed by atoms with E-state index in [1.165, 1.54) is 6.07 Å². The Labute approximate surface area is 133 Å². The number of rotatable bonds is 2. The van der Waals surface area contributed by atoms with E-state index in [2.05, 4.69) is 0 Å². The number of hydrogen-bond donors (Lipinski definition) is 1. The molecule has 1 aliphatic carbocycles. The SMILES string of the molecule is O[C@@H]1CCCc2c1n(Cc1ccccc1)c1c(F)cc(F)cc21. The maximum Gasteiger partial charge on any atom is 0.150 e. The number of halogens is 2. The number of benzene rings is 2.